The van der Waals surface area contributed by atoms with Crippen LogP contribution in [0.3, 0.4) is 0 Å². The first-order valence-electron chi connectivity index (χ1n) is 6.68. The van der Waals surface area contributed by atoms with Gasteiger partial charge in [-0.05, 0) is 12.5 Å². The van der Waals surface area contributed by atoms with Gasteiger partial charge in [0.2, 0.25) is 11.8 Å². The first-order chi connectivity index (χ1) is 10.1. The summed E-state index contributed by atoms with van der Waals surface area (Å²) in [4.78, 5) is 31.4. The zero-order chi connectivity index (χ0) is 14.8. The standard InChI is InChI=1S/C15H15N3O2S/c1-10-7-16-12(21-10)9-18-13(19)8-17-15(20)14(18)11-5-3-2-4-6-11/h2-7,14H,8-9H2,1H3,(H,17,20). The highest BCUT2D eigenvalue weighted by atomic mass is 32.1. The van der Waals surface area contributed by atoms with Gasteiger partial charge in [0.1, 0.15) is 11.0 Å². The summed E-state index contributed by atoms with van der Waals surface area (Å²) in [6.07, 6.45) is 1.78. The number of carbonyl (C=O) groups is 2. The molecule has 21 heavy (non-hydrogen) atoms. The van der Waals surface area contributed by atoms with Crippen molar-refractivity contribution in [1.82, 2.24) is 15.2 Å². The number of thiazole rings is 1. The quantitative estimate of drug-likeness (QED) is 0.937. The van der Waals surface area contributed by atoms with Crippen LogP contribution >= 0.6 is 11.3 Å². The second-order valence-electron chi connectivity index (χ2n) is 4.92. The minimum atomic E-state index is -0.586. The Morgan fingerprint density at radius 1 is 1.33 bits per heavy atom. The van der Waals surface area contributed by atoms with Crippen molar-refractivity contribution >= 4 is 23.2 Å². The summed E-state index contributed by atoms with van der Waals surface area (Å²) in [5.74, 6) is -0.231. The lowest BCUT2D eigenvalue weighted by atomic mass is 10.0. The third kappa shape index (κ3) is 2.80. The largest absolute Gasteiger partial charge is 0.345 e. The number of hydrogen-bond acceptors (Lipinski definition) is 4. The molecule has 2 amide bonds. The summed E-state index contributed by atoms with van der Waals surface area (Å²) in [6, 6.07) is 8.77. The minimum Gasteiger partial charge on any atom is -0.345 e. The number of aromatic nitrogens is 1. The summed E-state index contributed by atoms with van der Waals surface area (Å²) in [5.41, 5.74) is 0.816. The third-order valence-corrected chi connectivity index (χ3v) is 4.28. The fraction of sp³-hybridized carbons (Fsp3) is 0.267. The van der Waals surface area contributed by atoms with Gasteiger partial charge >= 0.3 is 0 Å². The lowest BCUT2D eigenvalue weighted by molar-refractivity contribution is -0.146. The van der Waals surface area contributed by atoms with Crippen LogP contribution in [0, 0.1) is 6.92 Å². The van der Waals surface area contributed by atoms with Crippen molar-refractivity contribution in [1.29, 1.82) is 0 Å². The molecular weight excluding hydrogens is 286 g/mol. The molecule has 1 aliphatic heterocycles. The predicted octanol–water partition coefficient (Wildman–Crippen LogP) is 1.65. The van der Waals surface area contributed by atoms with Gasteiger partial charge in [-0.25, -0.2) is 4.98 Å². The Morgan fingerprint density at radius 2 is 2.10 bits per heavy atom. The molecule has 1 saturated heterocycles. The molecule has 0 bridgehead atoms. The van der Waals surface area contributed by atoms with Gasteiger partial charge in [0.25, 0.3) is 0 Å². The van der Waals surface area contributed by atoms with Gasteiger partial charge < -0.3 is 10.2 Å². The Labute approximate surface area is 126 Å². The molecule has 0 spiro atoms. The number of aryl methyl sites for hydroxylation is 1. The van der Waals surface area contributed by atoms with E-state index >= 15 is 0 Å². The van der Waals surface area contributed by atoms with Crippen molar-refractivity contribution < 1.29 is 9.59 Å². The van der Waals surface area contributed by atoms with E-state index < -0.39 is 6.04 Å². The molecule has 0 radical (unpaired) electrons. The van der Waals surface area contributed by atoms with Crippen molar-refractivity contribution in [2.75, 3.05) is 6.54 Å². The Morgan fingerprint density at radius 3 is 2.76 bits per heavy atom. The Kier molecular flexibility index (Phi) is 3.70. The summed E-state index contributed by atoms with van der Waals surface area (Å²) < 4.78 is 0. The maximum Gasteiger partial charge on any atom is 0.247 e. The van der Waals surface area contributed by atoms with Crippen LogP contribution in [0.1, 0.15) is 21.5 Å². The van der Waals surface area contributed by atoms with E-state index in [4.69, 9.17) is 0 Å². The highest BCUT2D eigenvalue weighted by Gasteiger charge is 2.35. The van der Waals surface area contributed by atoms with Gasteiger partial charge in [-0.1, -0.05) is 30.3 Å². The third-order valence-electron chi connectivity index (χ3n) is 3.38. The van der Waals surface area contributed by atoms with Crippen molar-refractivity contribution in [2.45, 2.75) is 19.5 Å². The van der Waals surface area contributed by atoms with E-state index in [-0.39, 0.29) is 18.4 Å². The maximum atomic E-state index is 12.2. The van der Waals surface area contributed by atoms with Crippen molar-refractivity contribution in [3.8, 4) is 0 Å². The Bertz CT molecular complexity index is 669. The van der Waals surface area contributed by atoms with E-state index in [1.807, 2.05) is 37.3 Å². The van der Waals surface area contributed by atoms with Gasteiger partial charge in [-0.2, -0.15) is 0 Å². The lowest BCUT2D eigenvalue weighted by Crippen LogP contribution is -2.53. The number of rotatable bonds is 3. The molecule has 1 aromatic heterocycles. The molecule has 0 saturated carbocycles. The van der Waals surface area contributed by atoms with Gasteiger partial charge in [-0.15, -0.1) is 11.3 Å². The molecular formula is C15H15N3O2S. The number of hydrogen-bond donors (Lipinski definition) is 1. The first kappa shape index (κ1) is 13.8. The van der Waals surface area contributed by atoms with Crippen LogP contribution in [0.25, 0.3) is 0 Å². The molecule has 1 atom stereocenters. The fourth-order valence-corrected chi connectivity index (χ4v) is 3.20. The zero-order valence-corrected chi connectivity index (χ0v) is 12.4. The van der Waals surface area contributed by atoms with Crippen LogP contribution in [-0.4, -0.2) is 28.2 Å². The molecule has 0 aliphatic carbocycles. The fourth-order valence-electron chi connectivity index (χ4n) is 2.41. The van der Waals surface area contributed by atoms with Crippen molar-refractivity contribution in [2.24, 2.45) is 0 Å². The second kappa shape index (κ2) is 5.65. The van der Waals surface area contributed by atoms with E-state index in [2.05, 4.69) is 10.3 Å². The minimum absolute atomic E-state index is 0.0481. The topological polar surface area (TPSA) is 62.3 Å². The highest BCUT2D eigenvalue weighted by molar-refractivity contribution is 7.11. The molecule has 2 aromatic rings. The highest BCUT2D eigenvalue weighted by Crippen LogP contribution is 2.26. The number of piperazine rings is 1. The van der Waals surface area contributed by atoms with Crippen LogP contribution in [0.2, 0.25) is 0 Å². The maximum absolute atomic E-state index is 12.2. The summed E-state index contributed by atoms with van der Waals surface area (Å²) in [6.45, 7) is 2.39. The van der Waals surface area contributed by atoms with E-state index in [1.54, 1.807) is 22.4 Å². The van der Waals surface area contributed by atoms with Crippen LogP contribution in [0.5, 0.6) is 0 Å². The van der Waals surface area contributed by atoms with Crippen LogP contribution in [-0.2, 0) is 16.1 Å². The molecule has 2 heterocycles. The summed E-state index contributed by atoms with van der Waals surface area (Å²) in [5, 5.41) is 3.50. The van der Waals surface area contributed by atoms with Crippen molar-refractivity contribution in [3.63, 3.8) is 0 Å². The molecule has 1 unspecified atom stereocenters. The summed E-state index contributed by atoms with van der Waals surface area (Å²) in [7, 11) is 0. The molecule has 1 aliphatic rings. The molecule has 1 aromatic carbocycles. The second-order valence-corrected chi connectivity index (χ2v) is 6.24. The normalized spacial score (nSPS) is 18.7. The first-order valence-corrected chi connectivity index (χ1v) is 7.50. The van der Waals surface area contributed by atoms with Gasteiger partial charge in [0.05, 0.1) is 13.1 Å². The van der Waals surface area contributed by atoms with Crippen LogP contribution in [0.4, 0.5) is 0 Å². The van der Waals surface area contributed by atoms with E-state index in [1.165, 1.54) is 0 Å². The molecule has 3 rings (SSSR count). The number of benzene rings is 1. The number of amides is 2. The average Bonchev–Trinajstić information content (AvgIpc) is 2.89. The number of nitrogens with zero attached hydrogens (tertiary/aromatic N) is 2. The monoisotopic (exact) mass is 301 g/mol. The smallest absolute Gasteiger partial charge is 0.247 e. The average molecular weight is 301 g/mol. The predicted molar refractivity (Wildman–Crippen MR) is 79.6 cm³/mol. The van der Waals surface area contributed by atoms with Gasteiger partial charge in [0.15, 0.2) is 0 Å². The lowest BCUT2D eigenvalue weighted by Gasteiger charge is -2.34. The van der Waals surface area contributed by atoms with Crippen molar-refractivity contribution in [3.05, 3.63) is 52.0 Å². The Hall–Kier alpha value is -2.21. The molecule has 108 valence electrons. The molecule has 5 nitrogen and oxygen atoms in total. The molecule has 1 N–H and O–H groups in total. The van der Waals surface area contributed by atoms with Gasteiger partial charge in [0, 0.05) is 11.1 Å². The SMILES string of the molecule is Cc1cnc(CN2C(=O)CNC(=O)C2c2ccccc2)s1. The van der Waals surface area contributed by atoms with Gasteiger partial charge in [-0.3, -0.25) is 9.59 Å². The number of carbonyl (C=O) groups excluding carboxylic acids is 2. The molecule has 1 fully saturated rings. The van der Waals surface area contributed by atoms with Crippen LogP contribution in [0.15, 0.2) is 36.5 Å². The Balaban J connectivity index is 1.92. The van der Waals surface area contributed by atoms with E-state index in [0.717, 1.165) is 15.4 Å². The molecule has 6 heteroatoms. The van der Waals surface area contributed by atoms with E-state index in [0.29, 0.717) is 6.54 Å². The summed E-state index contributed by atoms with van der Waals surface area (Å²) >= 11 is 1.55. The number of nitrogens with one attached hydrogen (secondary N) is 1. The van der Waals surface area contributed by atoms with Crippen LogP contribution < -0.4 is 5.32 Å². The van der Waals surface area contributed by atoms with E-state index in [9.17, 15) is 9.59 Å². The zero-order valence-electron chi connectivity index (χ0n) is 11.6.